The zero-order chi connectivity index (χ0) is 14.0. The van der Waals surface area contributed by atoms with Crippen LogP contribution >= 0.6 is 11.3 Å². The van der Waals surface area contributed by atoms with Crippen LogP contribution in [0.1, 0.15) is 38.1 Å². The third-order valence-corrected chi connectivity index (χ3v) is 4.40. The predicted octanol–water partition coefficient (Wildman–Crippen LogP) is 3.45. The Morgan fingerprint density at radius 3 is 2.53 bits per heavy atom. The smallest absolute Gasteiger partial charge is 0.231 e. The molecule has 0 bridgehead atoms. The molecule has 2 heterocycles. The summed E-state index contributed by atoms with van der Waals surface area (Å²) >= 11 is 1.66. The van der Waals surface area contributed by atoms with Crippen molar-refractivity contribution in [1.29, 1.82) is 0 Å². The average molecular weight is 279 g/mol. The Morgan fingerprint density at radius 1 is 1.26 bits per heavy atom. The highest BCUT2D eigenvalue weighted by atomic mass is 32.1. The third-order valence-electron chi connectivity index (χ3n) is 3.54. The van der Waals surface area contributed by atoms with Crippen LogP contribution in [0, 0.1) is 12.8 Å². The van der Waals surface area contributed by atoms with E-state index >= 15 is 0 Å². The summed E-state index contributed by atoms with van der Waals surface area (Å²) in [6.45, 7) is 8.57. The Bertz CT molecular complexity index is 532. The molecule has 19 heavy (non-hydrogen) atoms. The number of hydrogen-bond donors (Lipinski definition) is 1. The van der Waals surface area contributed by atoms with Gasteiger partial charge in [-0.3, -0.25) is 0 Å². The Morgan fingerprint density at radius 2 is 2.00 bits per heavy atom. The molecule has 1 N–H and O–H groups in total. The van der Waals surface area contributed by atoms with Crippen LogP contribution in [0.15, 0.2) is 15.3 Å². The van der Waals surface area contributed by atoms with E-state index in [2.05, 4.69) is 53.9 Å². The molecule has 0 fully saturated rings. The van der Waals surface area contributed by atoms with E-state index in [-0.39, 0.29) is 5.92 Å². The van der Waals surface area contributed by atoms with Crippen molar-refractivity contribution in [1.82, 2.24) is 15.5 Å². The van der Waals surface area contributed by atoms with Crippen LogP contribution in [-0.2, 0) is 0 Å². The van der Waals surface area contributed by atoms with Crippen molar-refractivity contribution in [3.8, 4) is 11.4 Å². The van der Waals surface area contributed by atoms with E-state index in [1.54, 1.807) is 11.3 Å². The predicted molar refractivity (Wildman–Crippen MR) is 78.4 cm³/mol. The largest absolute Gasteiger partial charge is 0.339 e. The summed E-state index contributed by atoms with van der Waals surface area (Å²) < 4.78 is 5.49. The van der Waals surface area contributed by atoms with Crippen molar-refractivity contribution in [2.75, 3.05) is 7.05 Å². The molecule has 0 amide bonds. The highest BCUT2D eigenvalue weighted by Crippen LogP contribution is 2.30. The zero-order valence-corrected chi connectivity index (χ0v) is 12.9. The van der Waals surface area contributed by atoms with Gasteiger partial charge in [0.25, 0.3) is 0 Å². The molecular weight excluding hydrogens is 258 g/mol. The second kappa shape index (κ2) is 5.84. The minimum atomic E-state index is 0.227. The van der Waals surface area contributed by atoms with Gasteiger partial charge in [-0.25, -0.2) is 0 Å². The summed E-state index contributed by atoms with van der Waals surface area (Å²) in [5, 5.41) is 11.6. The first-order valence-corrected chi connectivity index (χ1v) is 7.53. The van der Waals surface area contributed by atoms with Crippen LogP contribution in [0.4, 0.5) is 0 Å². The zero-order valence-electron chi connectivity index (χ0n) is 12.1. The van der Waals surface area contributed by atoms with Gasteiger partial charge in [0.15, 0.2) is 0 Å². The van der Waals surface area contributed by atoms with Crippen LogP contribution < -0.4 is 5.32 Å². The maximum absolute atomic E-state index is 5.49. The van der Waals surface area contributed by atoms with E-state index in [0.717, 1.165) is 11.5 Å². The fourth-order valence-electron chi connectivity index (χ4n) is 2.33. The van der Waals surface area contributed by atoms with E-state index in [4.69, 9.17) is 4.52 Å². The van der Waals surface area contributed by atoms with Crippen molar-refractivity contribution in [2.24, 2.45) is 5.92 Å². The number of nitrogens with zero attached hydrogens (tertiary/aromatic N) is 2. The van der Waals surface area contributed by atoms with Crippen molar-refractivity contribution in [3.63, 3.8) is 0 Å². The number of hydrogen-bond acceptors (Lipinski definition) is 5. The molecule has 0 saturated carbocycles. The maximum Gasteiger partial charge on any atom is 0.231 e. The summed E-state index contributed by atoms with van der Waals surface area (Å²) in [7, 11) is 1.96. The van der Waals surface area contributed by atoms with Crippen LogP contribution in [0.2, 0.25) is 0 Å². The quantitative estimate of drug-likeness (QED) is 0.910. The van der Waals surface area contributed by atoms with E-state index in [0.29, 0.717) is 17.8 Å². The number of rotatable bonds is 5. The molecule has 5 heteroatoms. The highest BCUT2D eigenvalue weighted by molar-refractivity contribution is 7.08. The Balaban J connectivity index is 2.31. The molecule has 0 radical (unpaired) electrons. The SMILES string of the molecule is CNC(C)C(c1nc(-c2cscc2C)no1)C(C)C. The van der Waals surface area contributed by atoms with Gasteiger partial charge in [0.2, 0.25) is 11.7 Å². The maximum atomic E-state index is 5.49. The molecule has 0 aromatic carbocycles. The molecule has 0 aliphatic carbocycles. The monoisotopic (exact) mass is 279 g/mol. The molecule has 0 aliphatic heterocycles. The van der Waals surface area contributed by atoms with Crippen molar-refractivity contribution in [3.05, 3.63) is 22.2 Å². The van der Waals surface area contributed by atoms with Crippen LogP contribution in [0.3, 0.4) is 0 Å². The minimum absolute atomic E-state index is 0.227. The minimum Gasteiger partial charge on any atom is -0.339 e. The van der Waals surface area contributed by atoms with Gasteiger partial charge in [0.1, 0.15) is 0 Å². The van der Waals surface area contributed by atoms with Gasteiger partial charge in [-0.2, -0.15) is 16.3 Å². The summed E-state index contributed by atoms with van der Waals surface area (Å²) in [5.74, 6) is 2.09. The number of likely N-dealkylation sites (N-methyl/N-ethyl adjacent to an activating group) is 1. The van der Waals surface area contributed by atoms with Gasteiger partial charge in [0.05, 0.1) is 5.92 Å². The standard InChI is InChI=1S/C14H21N3OS/c1-8(2)12(10(4)15-5)14-16-13(17-18-14)11-7-19-6-9(11)3/h6-8,10,12,15H,1-5H3. The van der Waals surface area contributed by atoms with Crippen LogP contribution in [0.25, 0.3) is 11.4 Å². The summed E-state index contributed by atoms with van der Waals surface area (Å²) in [5.41, 5.74) is 2.26. The second-order valence-corrected chi connectivity index (χ2v) is 6.02. The lowest BCUT2D eigenvalue weighted by Crippen LogP contribution is -2.32. The lowest BCUT2D eigenvalue weighted by atomic mass is 9.89. The van der Waals surface area contributed by atoms with Gasteiger partial charge >= 0.3 is 0 Å². The molecule has 2 rings (SSSR count). The first-order chi connectivity index (χ1) is 9.04. The molecule has 0 saturated heterocycles. The first kappa shape index (κ1) is 14.2. The average Bonchev–Trinajstić information content (AvgIpc) is 2.97. The molecular formula is C14H21N3OS. The van der Waals surface area contributed by atoms with Gasteiger partial charge in [-0.15, -0.1) is 0 Å². The fraction of sp³-hybridized carbons (Fsp3) is 0.571. The van der Waals surface area contributed by atoms with Gasteiger partial charge in [0, 0.05) is 17.0 Å². The topological polar surface area (TPSA) is 51.0 Å². The summed E-state index contributed by atoms with van der Waals surface area (Å²) in [6, 6.07) is 0.303. The molecule has 0 aliphatic rings. The number of nitrogens with one attached hydrogen (secondary N) is 1. The van der Waals surface area contributed by atoms with E-state index in [1.165, 1.54) is 5.56 Å². The van der Waals surface area contributed by atoms with E-state index in [1.807, 2.05) is 7.05 Å². The number of thiophene rings is 1. The molecule has 0 spiro atoms. The Hall–Kier alpha value is -1.20. The van der Waals surface area contributed by atoms with Gasteiger partial charge < -0.3 is 9.84 Å². The van der Waals surface area contributed by atoms with E-state index < -0.39 is 0 Å². The molecule has 4 nitrogen and oxygen atoms in total. The van der Waals surface area contributed by atoms with Crippen molar-refractivity contribution in [2.45, 2.75) is 39.7 Å². The summed E-state index contributed by atoms with van der Waals surface area (Å²) in [4.78, 5) is 4.59. The van der Waals surface area contributed by atoms with E-state index in [9.17, 15) is 0 Å². The Kier molecular flexibility index (Phi) is 4.37. The van der Waals surface area contributed by atoms with Crippen LogP contribution in [0.5, 0.6) is 0 Å². The number of aromatic nitrogens is 2. The highest BCUT2D eigenvalue weighted by Gasteiger charge is 2.27. The molecule has 2 aromatic heterocycles. The summed E-state index contributed by atoms with van der Waals surface area (Å²) in [6.07, 6.45) is 0. The molecule has 2 atom stereocenters. The van der Waals surface area contributed by atoms with Crippen LogP contribution in [-0.4, -0.2) is 23.2 Å². The number of aryl methyl sites for hydroxylation is 1. The first-order valence-electron chi connectivity index (χ1n) is 6.58. The third kappa shape index (κ3) is 2.87. The lowest BCUT2D eigenvalue weighted by Gasteiger charge is -2.23. The van der Waals surface area contributed by atoms with Crippen molar-refractivity contribution >= 4 is 11.3 Å². The second-order valence-electron chi connectivity index (χ2n) is 5.27. The molecule has 104 valence electrons. The normalized spacial score (nSPS) is 14.8. The molecule has 2 unspecified atom stereocenters. The van der Waals surface area contributed by atoms with Crippen molar-refractivity contribution < 1.29 is 4.52 Å². The van der Waals surface area contributed by atoms with Gasteiger partial charge in [-0.1, -0.05) is 19.0 Å². The fourth-order valence-corrected chi connectivity index (χ4v) is 3.15. The van der Waals surface area contributed by atoms with Gasteiger partial charge in [-0.05, 0) is 37.8 Å². The lowest BCUT2D eigenvalue weighted by molar-refractivity contribution is 0.286. The Labute approximate surface area is 118 Å². The molecule has 2 aromatic rings.